The first-order chi connectivity index (χ1) is 7.36. The summed E-state index contributed by atoms with van der Waals surface area (Å²) in [5.74, 6) is 0.336. The van der Waals surface area contributed by atoms with Gasteiger partial charge in [-0.1, -0.05) is 30.3 Å². The lowest BCUT2D eigenvalue weighted by Crippen LogP contribution is -2.25. The Morgan fingerprint density at radius 2 is 1.88 bits per heavy atom. The summed E-state index contributed by atoms with van der Waals surface area (Å²) in [5, 5.41) is 0. The predicted molar refractivity (Wildman–Crippen MR) is 71.4 cm³/mol. The van der Waals surface area contributed by atoms with Crippen molar-refractivity contribution in [3.8, 4) is 0 Å². The molecule has 2 N–H and O–H groups in total. The molecule has 0 atom stereocenters. The third-order valence-electron chi connectivity index (χ3n) is 2.91. The Morgan fingerprint density at radius 3 is 2.47 bits per heavy atom. The van der Waals surface area contributed by atoms with Gasteiger partial charge in [-0.05, 0) is 24.8 Å². The van der Waals surface area contributed by atoms with Crippen molar-refractivity contribution in [2.45, 2.75) is 25.7 Å². The van der Waals surface area contributed by atoms with Crippen LogP contribution in [0.5, 0.6) is 0 Å². The Bertz CT molecular complexity index is 329. The van der Waals surface area contributed by atoms with Gasteiger partial charge in [-0.25, -0.2) is 0 Å². The minimum atomic E-state index is 0. The van der Waals surface area contributed by atoms with Gasteiger partial charge in [0.15, 0.2) is 0 Å². The van der Waals surface area contributed by atoms with Crippen LogP contribution in [0.2, 0.25) is 0 Å². The number of aryl methyl sites for hydroxylation is 1. The van der Waals surface area contributed by atoms with Crippen LogP contribution in [0.1, 0.15) is 24.8 Å². The SMILES string of the molecule is Cl.O.O=C1CCCN1CCCc1ccccc1. The van der Waals surface area contributed by atoms with E-state index in [9.17, 15) is 4.79 Å². The number of amides is 1. The summed E-state index contributed by atoms with van der Waals surface area (Å²) < 4.78 is 0. The number of hydrogen-bond donors (Lipinski definition) is 0. The van der Waals surface area contributed by atoms with Crippen LogP contribution in [-0.4, -0.2) is 29.4 Å². The average molecular weight is 258 g/mol. The first kappa shape index (κ1) is 15.9. The van der Waals surface area contributed by atoms with Crippen LogP contribution in [0, 0.1) is 0 Å². The molecule has 0 radical (unpaired) electrons. The van der Waals surface area contributed by atoms with E-state index in [1.54, 1.807) is 0 Å². The maximum Gasteiger partial charge on any atom is 0.222 e. The summed E-state index contributed by atoms with van der Waals surface area (Å²) in [6, 6.07) is 10.5. The fourth-order valence-corrected chi connectivity index (χ4v) is 2.06. The van der Waals surface area contributed by atoms with Crippen LogP contribution in [0.15, 0.2) is 30.3 Å². The van der Waals surface area contributed by atoms with E-state index in [1.807, 2.05) is 11.0 Å². The molecular formula is C13H20ClNO2. The van der Waals surface area contributed by atoms with Gasteiger partial charge in [-0.3, -0.25) is 4.79 Å². The highest BCUT2D eigenvalue weighted by Crippen LogP contribution is 2.11. The molecule has 0 spiro atoms. The molecule has 1 heterocycles. The molecule has 1 saturated heterocycles. The van der Waals surface area contributed by atoms with Crippen molar-refractivity contribution in [3.63, 3.8) is 0 Å². The molecule has 0 aliphatic carbocycles. The molecular weight excluding hydrogens is 238 g/mol. The topological polar surface area (TPSA) is 51.8 Å². The molecule has 4 heteroatoms. The molecule has 0 saturated carbocycles. The lowest BCUT2D eigenvalue weighted by molar-refractivity contribution is -0.127. The Morgan fingerprint density at radius 1 is 1.18 bits per heavy atom. The maximum atomic E-state index is 11.3. The highest BCUT2D eigenvalue weighted by atomic mass is 35.5. The van der Waals surface area contributed by atoms with Gasteiger partial charge in [0.05, 0.1) is 0 Å². The second-order valence-corrected chi connectivity index (χ2v) is 4.07. The maximum absolute atomic E-state index is 11.3. The first-order valence-electron chi connectivity index (χ1n) is 5.68. The van der Waals surface area contributed by atoms with Crippen molar-refractivity contribution in [1.82, 2.24) is 4.90 Å². The molecule has 96 valence electrons. The van der Waals surface area contributed by atoms with Gasteiger partial charge in [-0.15, -0.1) is 12.4 Å². The van der Waals surface area contributed by atoms with E-state index >= 15 is 0 Å². The number of likely N-dealkylation sites (tertiary alicyclic amines) is 1. The second-order valence-electron chi connectivity index (χ2n) is 4.07. The molecule has 17 heavy (non-hydrogen) atoms. The summed E-state index contributed by atoms with van der Waals surface area (Å²) in [7, 11) is 0. The minimum absolute atomic E-state index is 0. The van der Waals surface area contributed by atoms with Crippen molar-refractivity contribution in [1.29, 1.82) is 0 Å². The molecule has 1 aliphatic heterocycles. The van der Waals surface area contributed by atoms with E-state index in [0.717, 1.165) is 38.8 Å². The van der Waals surface area contributed by atoms with E-state index in [4.69, 9.17) is 0 Å². The van der Waals surface area contributed by atoms with Gasteiger partial charge in [0.1, 0.15) is 0 Å². The molecule has 1 fully saturated rings. The highest BCUT2D eigenvalue weighted by molar-refractivity contribution is 5.85. The Hall–Kier alpha value is -1.06. The minimum Gasteiger partial charge on any atom is -0.412 e. The lowest BCUT2D eigenvalue weighted by Gasteiger charge is -2.14. The molecule has 3 nitrogen and oxygen atoms in total. The lowest BCUT2D eigenvalue weighted by atomic mass is 10.1. The number of carbonyl (C=O) groups is 1. The van der Waals surface area contributed by atoms with Gasteiger partial charge >= 0.3 is 0 Å². The normalized spacial score (nSPS) is 14.1. The predicted octanol–water partition coefficient (Wildman–Crippen LogP) is 1.84. The van der Waals surface area contributed by atoms with Gasteiger partial charge < -0.3 is 10.4 Å². The summed E-state index contributed by atoms with van der Waals surface area (Å²) in [5.41, 5.74) is 1.36. The molecule has 2 rings (SSSR count). The monoisotopic (exact) mass is 257 g/mol. The van der Waals surface area contributed by atoms with E-state index in [2.05, 4.69) is 24.3 Å². The quantitative estimate of drug-likeness (QED) is 0.812. The molecule has 1 aliphatic rings. The van der Waals surface area contributed by atoms with Gasteiger partial charge in [0.2, 0.25) is 5.91 Å². The Balaban J connectivity index is 0.00000128. The molecule has 0 bridgehead atoms. The van der Waals surface area contributed by atoms with Crippen LogP contribution in [0.3, 0.4) is 0 Å². The van der Waals surface area contributed by atoms with Crippen molar-refractivity contribution >= 4 is 18.3 Å². The van der Waals surface area contributed by atoms with E-state index in [1.165, 1.54) is 5.56 Å². The van der Waals surface area contributed by atoms with E-state index in [-0.39, 0.29) is 17.9 Å². The summed E-state index contributed by atoms with van der Waals surface area (Å²) in [4.78, 5) is 13.3. The smallest absolute Gasteiger partial charge is 0.222 e. The molecule has 0 aromatic heterocycles. The number of carbonyl (C=O) groups excluding carboxylic acids is 1. The van der Waals surface area contributed by atoms with E-state index < -0.39 is 0 Å². The largest absolute Gasteiger partial charge is 0.412 e. The van der Waals surface area contributed by atoms with Crippen LogP contribution in [-0.2, 0) is 11.2 Å². The first-order valence-corrected chi connectivity index (χ1v) is 5.68. The second kappa shape index (κ2) is 8.09. The fraction of sp³-hybridized carbons (Fsp3) is 0.462. The molecule has 1 aromatic carbocycles. The average Bonchev–Trinajstić information content (AvgIpc) is 2.66. The van der Waals surface area contributed by atoms with Crippen molar-refractivity contribution in [2.75, 3.05) is 13.1 Å². The van der Waals surface area contributed by atoms with E-state index in [0.29, 0.717) is 5.91 Å². The van der Waals surface area contributed by atoms with Crippen LogP contribution >= 0.6 is 12.4 Å². The third kappa shape index (κ3) is 4.75. The fourth-order valence-electron chi connectivity index (χ4n) is 2.06. The Kier molecular flexibility index (Phi) is 7.59. The van der Waals surface area contributed by atoms with Crippen LogP contribution in [0.4, 0.5) is 0 Å². The van der Waals surface area contributed by atoms with Gasteiger partial charge in [0.25, 0.3) is 0 Å². The number of rotatable bonds is 4. The van der Waals surface area contributed by atoms with Gasteiger partial charge in [-0.2, -0.15) is 0 Å². The summed E-state index contributed by atoms with van der Waals surface area (Å²) in [6.45, 7) is 1.89. The van der Waals surface area contributed by atoms with Crippen LogP contribution < -0.4 is 0 Å². The van der Waals surface area contributed by atoms with Crippen molar-refractivity contribution in [3.05, 3.63) is 35.9 Å². The summed E-state index contributed by atoms with van der Waals surface area (Å²) >= 11 is 0. The number of halogens is 1. The Labute approximate surface area is 109 Å². The van der Waals surface area contributed by atoms with Crippen molar-refractivity contribution in [2.24, 2.45) is 0 Å². The number of nitrogens with zero attached hydrogens (tertiary/aromatic N) is 1. The molecule has 0 unspecified atom stereocenters. The summed E-state index contributed by atoms with van der Waals surface area (Å²) in [6.07, 6.45) is 3.95. The standard InChI is InChI=1S/C13H17NO.ClH.H2O/c15-13-9-5-11-14(13)10-4-8-12-6-2-1-3-7-12;;/h1-3,6-7H,4-5,8-11H2;1H;1H2. The van der Waals surface area contributed by atoms with Gasteiger partial charge in [0, 0.05) is 19.5 Å². The van der Waals surface area contributed by atoms with Crippen molar-refractivity contribution < 1.29 is 10.3 Å². The molecule has 1 aromatic rings. The third-order valence-corrected chi connectivity index (χ3v) is 2.91. The zero-order chi connectivity index (χ0) is 10.5. The molecule has 1 amide bonds. The number of benzene rings is 1. The zero-order valence-corrected chi connectivity index (χ0v) is 10.7. The highest BCUT2D eigenvalue weighted by Gasteiger charge is 2.18. The van der Waals surface area contributed by atoms with Crippen LogP contribution in [0.25, 0.3) is 0 Å². The zero-order valence-electron chi connectivity index (χ0n) is 9.89. The number of hydrogen-bond acceptors (Lipinski definition) is 1.